The van der Waals surface area contributed by atoms with Crippen LogP contribution in [-0.2, 0) is 28.6 Å². The summed E-state index contributed by atoms with van der Waals surface area (Å²) in [7, 11) is 0. The van der Waals surface area contributed by atoms with Crippen molar-refractivity contribution in [2.75, 3.05) is 13.2 Å². The lowest BCUT2D eigenvalue weighted by Crippen LogP contribution is -2.30. The normalized spacial score (nSPS) is 12.6. The Morgan fingerprint density at radius 1 is 0.288 bits per heavy atom. The smallest absolute Gasteiger partial charge is 0.306 e. The van der Waals surface area contributed by atoms with Crippen LogP contribution in [0.2, 0.25) is 0 Å². The fraction of sp³-hybridized carbons (Fsp3) is 0.746. The Kier molecular flexibility index (Phi) is 58.3. The molecule has 0 fully saturated rings. The first kappa shape index (κ1) is 69.6. The second-order valence-corrected chi connectivity index (χ2v) is 20.6. The second kappa shape index (κ2) is 61.1. The van der Waals surface area contributed by atoms with Crippen LogP contribution >= 0.6 is 0 Å². The Balaban J connectivity index is 3.96. The third kappa shape index (κ3) is 59.3. The number of hydrogen-bond acceptors (Lipinski definition) is 6. The molecule has 0 saturated heterocycles. The molecule has 6 nitrogen and oxygen atoms in total. The lowest BCUT2D eigenvalue weighted by atomic mass is 10.0. The van der Waals surface area contributed by atoms with E-state index in [0.717, 1.165) is 103 Å². The van der Waals surface area contributed by atoms with Crippen molar-refractivity contribution in [1.82, 2.24) is 0 Å². The summed E-state index contributed by atoms with van der Waals surface area (Å²) in [6.07, 6.45) is 80.6. The van der Waals surface area contributed by atoms with E-state index in [-0.39, 0.29) is 31.1 Å². The molecular weight excluding hydrogens is 901 g/mol. The zero-order chi connectivity index (χ0) is 52.9. The monoisotopic (exact) mass is 1020 g/mol. The van der Waals surface area contributed by atoms with Gasteiger partial charge in [0.2, 0.25) is 0 Å². The maximum absolute atomic E-state index is 12.8. The highest BCUT2D eigenvalue weighted by atomic mass is 16.6. The molecule has 0 aliphatic carbocycles. The van der Waals surface area contributed by atoms with Gasteiger partial charge in [0.25, 0.3) is 0 Å². The molecule has 0 bridgehead atoms. The molecule has 0 aromatic carbocycles. The maximum atomic E-state index is 12.8. The molecule has 0 aromatic heterocycles. The standard InChI is InChI=1S/C67H116O6/c1-4-7-10-13-16-18-20-22-24-25-26-27-28-29-30-31-32-33-34-35-36-37-38-39-40-41-42-43-44-46-47-49-51-54-57-60-66(69)72-63-64(62-71-65(68)59-56-53-15-12-9-6-3)73-67(70)61-58-55-52-50-48-45-23-21-19-17-14-11-8-5-2/h7,10,16,18,21-24,26-27,29-30,32-33,64H,4-6,8-9,11-15,17,19-20,25,28,31,34-63H2,1-3H3/b10-7-,18-16-,23-21-,24-22-,27-26-,30-29-,33-32-. The average Bonchev–Trinajstić information content (AvgIpc) is 3.39. The molecule has 420 valence electrons. The number of allylic oxidation sites excluding steroid dienone is 14. The highest BCUT2D eigenvalue weighted by molar-refractivity contribution is 5.71. The summed E-state index contributed by atoms with van der Waals surface area (Å²) in [5.41, 5.74) is 0. The molecule has 73 heavy (non-hydrogen) atoms. The molecule has 0 heterocycles. The van der Waals surface area contributed by atoms with E-state index in [2.05, 4.69) is 106 Å². The van der Waals surface area contributed by atoms with Crippen LogP contribution < -0.4 is 0 Å². The van der Waals surface area contributed by atoms with E-state index in [1.807, 2.05) is 0 Å². The molecule has 0 aliphatic heterocycles. The van der Waals surface area contributed by atoms with Gasteiger partial charge in [-0.15, -0.1) is 0 Å². The highest BCUT2D eigenvalue weighted by Gasteiger charge is 2.19. The summed E-state index contributed by atoms with van der Waals surface area (Å²) < 4.78 is 16.8. The molecule has 0 N–H and O–H groups in total. The average molecular weight is 1020 g/mol. The number of esters is 3. The van der Waals surface area contributed by atoms with Gasteiger partial charge in [-0.1, -0.05) is 273 Å². The summed E-state index contributed by atoms with van der Waals surface area (Å²) in [6, 6.07) is 0. The second-order valence-electron chi connectivity index (χ2n) is 20.6. The van der Waals surface area contributed by atoms with Crippen LogP contribution in [0.25, 0.3) is 0 Å². The maximum Gasteiger partial charge on any atom is 0.306 e. The van der Waals surface area contributed by atoms with Crippen molar-refractivity contribution in [3.63, 3.8) is 0 Å². The fourth-order valence-electron chi connectivity index (χ4n) is 8.74. The number of hydrogen-bond donors (Lipinski definition) is 0. The van der Waals surface area contributed by atoms with Gasteiger partial charge >= 0.3 is 17.9 Å². The Morgan fingerprint density at radius 3 is 0.849 bits per heavy atom. The quantitative estimate of drug-likeness (QED) is 0.0261. The van der Waals surface area contributed by atoms with Crippen molar-refractivity contribution >= 4 is 17.9 Å². The highest BCUT2D eigenvalue weighted by Crippen LogP contribution is 2.16. The van der Waals surface area contributed by atoms with E-state index in [0.29, 0.717) is 19.3 Å². The van der Waals surface area contributed by atoms with Crippen molar-refractivity contribution < 1.29 is 28.6 Å². The largest absolute Gasteiger partial charge is 0.462 e. The van der Waals surface area contributed by atoms with E-state index in [1.54, 1.807) is 0 Å². The minimum absolute atomic E-state index is 0.0759. The van der Waals surface area contributed by atoms with E-state index in [4.69, 9.17) is 14.2 Å². The van der Waals surface area contributed by atoms with Crippen molar-refractivity contribution in [2.45, 2.75) is 309 Å². The summed E-state index contributed by atoms with van der Waals surface area (Å²) >= 11 is 0. The molecule has 1 atom stereocenters. The Labute approximate surface area is 452 Å². The number of carbonyl (C=O) groups is 3. The lowest BCUT2D eigenvalue weighted by Gasteiger charge is -2.18. The predicted octanol–water partition coefficient (Wildman–Crippen LogP) is 21.1. The minimum Gasteiger partial charge on any atom is -0.462 e. The van der Waals surface area contributed by atoms with Crippen molar-refractivity contribution in [1.29, 1.82) is 0 Å². The molecule has 1 unspecified atom stereocenters. The van der Waals surface area contributed by atoms with Gasteiger partial charge < -0.3 is 14.2 Å². The van der Waals surface area contributed by atoms with Crippen LogP contribution in [0.15, 0.2) is 85.1 Å². The van der Waals surface area contributed by atoms with Crippen molar-refractivity contribution in [2.24, 2.45) is 0 Å². The van der Waals surface area contributed by atoms with Gasteiger partial charge in [-0.25, -0.2) is 0 Å². The molecular formula is C67H116O6. The first-order valence-electron chi connectivity index (χ1n) is 31.1. The molecule has 6 heteroatoms. The number of carbonyl (C=O) groups excluding carboxylic acids is 3. The van der Waals surface area contributed by atoms with Crippen LogP contribution in [0.3, 0.4) is 0 Å². The Bertz CT molecular complexity index is 1400. The summed E-state index contributed by atoms with van der Waals surface area (Å²) in [6.45, 7) is 6.47. The molecule has 0 amide bonds. The van der Waals surface area contributed by atoms with Crippen LogP contribution in [0, 0.1) is 0 Å². The van der Waals surface area contributed by atoms with Gasteiger partial charge in [-0.2, -0.15) is 0 Å². The summed E-state index contributed by atoms with van der Waals surface area (Å²) in [5, 5.41) is 0. The molecule has 0 spiro atoms. The van der Waals surface area contributed by atoms with Crippen LogP contribution in [0.4, 0.5) is 0 Å². The van der Waals surface area contributed by atoms with Gasteiger partial charge in [0, 0.05) is 19.3 Å². The van der Waals surface area contributed by atoms with Gasteiger partial charge in [-0.05, 0) is 96.3 Å². The molecule has 0 aliphatic rings. The van der Waals surface area contributed by atoms with Gasteiger partial charge in [-0.3, -0.25) is 14.4 Å². The van der Waals surface area contributed by atoms with Crippen LogP contribution in [0.5, 0.6) is 0 Å². The molecule has 0 aromatic rings. The Morgan fingerprint density at radius 2 is 0.534 bits per heavy atom. The zero-order valence-electron chi connectivity index (χ0n) is 48.1. The van der Waals surface area contributed by atoms with E-state index in [1.165, 1.54) is 161 Å². The summed E-state index contributed by atoms with van der Waals surface area (Å²) in [4.78, 5) is 37.9. The number of unbranched alkanes of at least 4 members (excludes halogenated alkanes) is 31. The van der Waals surface area contributed by atoms with Gasteiger partial charge in [0.05, 0.1) is 0 Å². The molecule has 0 saturated carbocycles. The van der Waals surface area contributed by atoms with Crippen LogP contribution in [0.1, 0.15) is 303 Å². The minimum atomic E-state index is -0.774. The molecule has 0 radical (unpaired) electrons. The van der Waals surface area contributed by atoms with E-state index in [9.17, 15) is 14.4 Å². The fourth-order valence-corrected chi connectivity index (χ4v) is 8.74. The van der Waals surface area contributed by atoms with E-state index < -0.39 is 6.10 Å². The lowest BCUT2D eigenvalue weighted by molar-refractivity contribution is -0.167. The van der Waals surface area contributed by atoms with Gasteiger partial charge in [0.15, 0.2) is 6.10 Å². The van der Waals surface area contributed by atoms with Crippen molar-refractivity contribution in [3.8, 4) is 0 Å². The third-order valence-electron chi connectivity index (χ3n) is 13.4. The first-order chi connectivity index (χ1) is 36.0. The zero-order valence-corrected chi connectivity index (χ0v) is 48.1. The third-order valence-corrected chi connectivity index (χ3v) is 13.4. The SMILES string of the molecule is CC/C=C\C/C=C\C/C=C\C/C=C\C/C=C\C/C=C\CCCCCCCCCCCCCCCCCCC(=O)OCC(COC(=O)CCCCCCCC)OC(=O)CCCCCCC/C=C\CCCCCCC. The number of ether oxygens (including phenoxy) is 3. The van der Waals surface area contributed by atoms with Crippen molar-refractivity contribution in [3.05, 3.63) is 85.1 Å². The first-order valence-corrected chi connectivity index (χ1v) is 31.1. The van der Waals surface area contributed by atoms with Gasteiger partial charge in [0.1, 0.15) is 13.2 Å². The number of rotatable bonds is 56. The predicted molar refractivity (Wildman–Crippen MR) is 316 cm³/mol. The molecule has 0 rings (SSSR count). The topological polar surface area (TPSA) is 78.9 Å². The van der Waals surface area contributed by atoms with Crippen LogP contribution in [-0.4, -0.2) is 37.2 Å². The summed E-state index contributed by atoms with van der Waals surface area (Å²) in [5.74, 6) is -0.885. The van der Waals surface area contributed by atoms with E-state index >= 15 is 0 Å². The Hall–Kier alpha value is -3.41.